The fourth-order valence-corrected chi connectivity index (χ4v) is 2.76. The molecular formula is C15H13ClF2N4O2. The molecule has 1 unspecified atom stereocenters. The Morgan fingerprint density at radius 1 is 1.33 bits per heavy atom. The summed E-state index contributed by atoms with van der Waals surface area (Å²) in [4.78, 5) is 29.8. The number of carbonyl (C=O) groups is 2. The fourth-order valence-electron chi connectivity index (χ4n) is 2.62. The zero-order chi connectivity index (χ0) is 17.6. The van der Waals surface area contributed by atoms with E-state index in [1.165, 1.54) is 17.7 Å². The van der Waals surface area contributed by atoms with Gasteiger partial charge < -0.3 is 9.88 Å². The third kappa shape index (κ3) is 2.43. The number of amides is 3. The zero-order valence-corrected chi connectivity index (χ0v) is 13.6. The van der Waals surface area contributed by atoms with E-state index in [1.807, 2.05) is 0 Å². The normalized spacial score (nSPS) is 20.6. The number of aromatic nitrogens is 2. The predicted molar refractivity (Wildman–Crippen MR) is 81.0 cm³/mol. The van der Waals surface area contributed by atoms with E-state index in [0.29, 0.717) is 11.0 Å². The van der Waals surface area contributed by atoms with Crippen LogP contribution >= 0.6 is 11.6 Å². The molecule has 1 saturated heterocycles. The Bertz CT molecular complexity index is 854. The summed E-state index contributed by atoms with van der Waals surface area (Å²) >= 11 is 5.88. The number of hydrogen-bond donors (Lipinski definition) is 1. The maximum Gasteiger partial charge on any atom is 0.325 e. The van der Waals surface area contributed by atoms with Gasteiger partial charge in [0.15, 0.2) is 0 Å². The van der Waals surface area contributed by atoms with Crippen molar-refractivity contribution < 1.29 is 18.4 Å². The van der Waals surface area contributed by atoms with Gasteiger partial charge in [-0.05, 0) is 25.1 Å². The van der Waals surface area contributed by atoms with Gasteiger partial charge in [0.1, 0.15) is 28.2 Å². The molecule has 1 N–H and O–H groups in total. The van der Waals surface area contributed by atoms with Crippen LogP contribution in [0.4, 0.5) is 13.6 Å². The standard InChI is InChI=1S/C15H13ClF2N4O2/c1-15(9-5-8(17)3-4-10(9)18)13(23)22(14(24)20-15)7-12-19-6-11(16)21(12)2/h3-6H,7H2,1-2H3,(H,20,24). The topological polar surface area (TPSA) is 67.2 Å². The summed E-state index contributed by atoms with van der Waals surface area (Å²) in [6.45, 7) is 1.19. The molecule has 2 aromatic rings. The third-order valence-corrected chi connectivity index (χ3v) is 4.42. The molecule has 0 bridgehead atoms. The summed E-state index contributed by atoms with van der Waals surface area (Å²) in [6.07, 6.45) is 1.39. The molecule has 1 aromatic heterocycles. The van der Waals surface area contributed by atoms with Crippen LogP contribution in [-0.2, 0) is 23.9 Å². The van der Waals surface area contributed by atoms with E-state index >= 15 is 0 Å². The average molecular weight is 355 g/mol. The van der Waals surface area contributed by atoms with Gasteiger partial charge in [0.2, 0.25) is 0 Å². The molecule has 1 aliphatic rings. The van der Waals surface area contributed by atoms with E-state index in [2.05, 4.69) is 10.3 Å². The quantitative estimate of drug-likeness (QED) is 0.860. The van der Waals surface area contributed by atoms with E-state index in [1.54, 1.807) is 7.05 Å². The SMILES string of the molecule is Cn1c(Cl)cnc1CN1C(=O)NC(C)(c2cc(F)ccc2F)C1=O. The zero-order valence-electron chi connectivity index (χ0n) is 12.8. The van der Waals surface area contributed by atoms with Gasteiger partial charge in [0.25, 0.3) is 5.91 Å². The van der Waals surface area contributed by atoms with E-state index in [4.69, 9.17) is 11.6 Å². The minimum absolute atomic E-state index is 0.138. The molecular weight excluding hydrogens is 342 g/mol. The monoisotopic (exact) mass is 354 g/mol. The van der Waals surface area contributed by atoms with Crippen LogP contribution in [0.1, 0.15) is 18.3 Å². The molecule has 1 atom stereocenters. The molecule has 0 spiro atoms. The molecule has 0 radical (unpaired) electrons. The van der Waals surface area contributed by atoms with Crippen LogP contribution in [0, 0.1) is 11.6 Å². The largest absolute Gasteiger partial charge is 0.325 e. The van der Waals surface area contributed by atoms with Gasteiger partial charge in [0, 0.05) is 12.6 Å². The third-order valence-electron chi connectivity index (χ3n) is 4.07. The Balaban J connectivity index is 1.96. The van der Waals surface area contributed by atoms with E-state index in [-0.39, 0.29) is 12.1 Å². The first-order valence-corrected chi connectivity index (χ1v) is 7.37. The van der Waals surface area contributed by atoms with Crippen LogP contribution in [0.2, 0.25) is 5.15 Å². The van der Waals surface area contributed by atoms with Crippen LogP contribution < -0.4 is 5.32 Å². The van der Waals surface area contributed by atoms with Crippen LogP contribution in [0.3, 0.4) is 0 Å². The van der Waals surface area contributed by atoms with Gasteiger partial charge in [-0.3, -0.25) is 9.69 Å². The number of urea groups is 1. The second kappa shape index (κ2) is 5.55. The highest BCUT2D eigenvalue weighted by Crippen LogP contribution is 2.32. The van der Waals surface area contributed by atoms with Crippen molar-refractivity contribution in [2.45, 2.75) is 19.0 Å². The minimum atomic E-state index is -1.70. The Labute approximate surface area is 141 Å². The average Bonchev–Trinajstić information content (AvgIpc) is 2.95. The minimum Gasteiger partial charge on any atom is -0.321 e. The Hall–Kier alpha value is -2.48. The molecule has 3 amide bonds. The smallest absolute Gasteiger partial charge is 0.321 e. The number of hydrogen-bond acceptors (Lipinski definition) is 3. The van der Waals surface area contributed by atoms with Crippen molar-refractivity contribution in [3.8, 4) is 0 Å². The first-order valence-electron chi connectivity index (χ1n) is 7.00. The highest BCUT2D eigenvalue weighted by molar-refractivity contribution is 6.29. The Morgan fingerprint density at radius 3 is 2.67 bits per heavy atom. The van der Waals surface area contributed by atoms with Gasteiger partial charge >= 0.3 is 6.03 Å². The molecule has 0 saturated carbocycles. The number of halogens is 3. The summed E-state index contributed by atoms with van der Waals surface area (Å²) in [5.74, 6) is -1.80. The molecule has 9 heteroatoms. The van der Waals surface area contributed by atoms with Gasteiger partial charge in [-0.15, -0.1) is 0 Å². The predicted octanol–water partition coefficient (Wildman–Crippen LogP) is 2.32. The summed E-state index contributed by atoms with van der Waals surface area (Å²) < 4.78 is 29.0. The molecule has 24 heavy (non-hydrogen) atoms. The van der Waals surface area contributed by atoms with E-state index in [9.17, 15) is 18.4 Å². The maximum atomic E-state index is 14.1. The van der Waals surface area contributed by atoms with Crippen molar-refractivity contribution in [3.05, 3.63) is 52.6 Å². The number of rotatable bonds is 3. The van der Waals surface area contributed by atoms with Gasteiger partial charge in [-0.25, -0.2) is 18.6 Å². The molecule has 0 aliphatic carbocycles. The first kappa shape index (κ1) is 16.4. The summed E-state index contributed by atoms with van der Waals surface area (Å²) in [5.41, 5.74) is -1.93. The maximum absolute atomic E-state index is 14.1. The molecule has 1 fully saturated rings. The van der Waals surface area contributed by atoms with Crippen LogP contribution in [0.25, 0.3) is 0 Å². The summed E-state index contributed by atoms with van der Waals surface area (Å²) in [5, 5.41) is 2.77. The van der Waals surface area contributed by atoms with Crippen LogP contribution in [0.5, 0.6) is 0 Å². The fraction of sp³-hybridized carbons (Fsp3) is 0.267. The van der Waals surface area contributed by atoms with Gasteiger partial charge in [0.05, 0.1) is 12.7 Å². The highest BCUT2D eigenvalue weighted by atomic mass is 35.5. The van der Waals surface area contributed by atoms with Crippen LogP contribution in [-0.4, -0.2) is 26.4 Å². The lowest BCUT2D eigenvalue weighted by molar-refractivity contribution is -0.131. The van der Waals surface area contributed by atoms with Gasteiger partial charge in [-0.1, -0.05) is 11.6 Å². The molecule has 1 aliphatic heterocycles. The molecule has 2 heterocycles. The van der Waals surface area contributed by atoms with E-state index in [0.717, 1.165) is 23.1 Å². The molecule has 6 nitrogen and oxygen atoms in total. The summed E-state index contributed by atoms with van der Waals surface area (Å²) in [7, 11) is 1.63. The van der Waals surface area contributed by atoms with Crippen molar-refractivity contribution in [1.29, 1.82) is 0 Å². The Morgan fingerprint density at radius 2 is 2.04 bits per heavy atom. The Kier molecular flexibility index (Phi) is 3.79. The molecule has 126 valence electrons. The second-order valence-electron chi connectivity index (χ2n) is 5.63. The van der Waals surface area contributed by atoms with Crippen molar-refractivity contribution >= 4 is 23.5 Å². The summed E-state index contributed by atoms with van der Waals surface area (Å²) in [6, 6.07) is 2.03. The number of carbonyl (C=O) groups excluding carboxylic acids is 2. The van der Waals surface area contributed by atoms with Gasteiger partial charge in [-0.2, -0.15) is 0 Å². The number of nitrogens with one attached hydrogen (secondary N) is 1. The number of imidazole rings is 1. The molecule has 1 aromatic carbocycles. The highest BCUT2D eigenvalue weighted by Gasteiger charge is 2.50. The van der Waals surface area contributed by atoms with E-state index < -0.39 is 29.1 Å². The van der Waals surface area contributed by atoms with Crippen LogP contribution in [0.15, 0.2) is 24.4 Å². The van der Waals surface area contributed by atoms with Crippen molar-refractivity contribution in [2.24, 2.45) is 7.05 Å². The molecule has 3 rings (SSSR count). The van der Waals surface area contributed by atoms with Crippen molar-refractivity contribution in [1.82, 2.24) is 19.8 Å². The van der Waals surface area contributed by atoms with Crippen molar-refractivity contribution in [3.63, 3.8) is 0 Å². The lowest BCUT2D eigenvalue weighted by atomic mass is 9.91. The lowest BCUT2D eigenvalue weighted by Crippen LogP contribution is -2.41. The number of benzene rings is 1. The number of nitrogens with zero attached hydrogens (tertiary/aromatic N) is 3. The second-order valence-corrected chi connectivity index (χ2v) is 6.01. The van der Waals surface area contributed by atoms with Crippen molar-refractivity contribution in [2.75, 3.05) is 0 Å². The number of imide groups is 1. The first-order chi connectivity index (χ1) is 11.2. The lowest BCUT2D eigenvalue weighted by Gasteiger charge is -2.22.